The van der Waals surface area contributed by atoms with E-state index in [1.54, 1.807) is 37.3 Å². The first-order chi connectivity index (χ1) is 13.8. The Morgan fingerprint density at radius 1 is 1.10 bits per heavy atom. The Morgan fingerprint density at radius 2 is 1.86 bits per heavy atom. The summed E-state index contributed by atoms with van der Waals surface area (Å²) >= 11 is 0. The number of phenolic OH excluding ortho intramolecular Hbond substituents is 1. The highest BCUT2D eigenvalue weighted by Crippen LogP contribution is 2.30. The van der Waals surface area contributed by atoms with Crippen LogP contribution < -0.4 is 20.4 Å². The van der Waals surface area contributed by atoms with Crippen molar-refractivity contribution < 1.29 is 23.8 Å². The number of methoxy groups -OCH3 is 2. The van der Waals surface area contributed by atoms with Crippen molar-refractivity contribution in [2.75, 3.05) is 19.5 Å². The third kappa shape index (κ3) is 4.03. The predicted molar refractivity (Wildman–Crippen MR) is 110 cm³/mol. The van der Waals surface area contributed by atoms with Gasteiger partial charge in [-0.05, 0) is 50.1 Å². The number of hydrogen-bond acceptors (Lipinski definition) is 6. The van der Waals surface area contributed by atoms with E-state index in [1.807, 2.05) is 6.92 Å². The van der Waals surface area contributed by atoms with Crippen molar-refractivity contribution in [1.29, 1.82) is 0 Å². The van der Waals surface area contributed by atoms with Crippen LogP contribution >= 0.6 is 0 Å². The van der Waals surface area contributed by atoms with Crippen molar-refractivity contribution in [3.63, 3.8) is 0 Å². The quantitative estimate of drug-likeness (QED) is 0.616. The van der Waals surface area contributed by atoms with Gasteiger partial charge in [0.25, 0.3) is 0 Å². The standard InChI is InChI=1S/C22H23NO6/c1-12-15-6-8-18(24)13(2)21(15)29-22(26)16(12)7-10-20(25)23-17-11-14(27-3)5-9-19(17)28-4/h5-6,8-9,11,24H,7,10H2,1-4H3,(H,23,25). The van der Waals surface area contributed by atoms with Crippen molar-refractivity contribution >= 4 is 22.6 Å². The fourth-order valence-electron chi connectivity index (χ4n) is 3.23. The molecule has 2 N–H and O–H groups in total. The fourth-order valence-corrected chi connectivity index (χ4v) is 3.23. The van der Waals surface area contributed by atoms with Gasteiger partial charge in [-0.25, -0.2) is 4.79 Å². The Labute approximate surface area is 167 Å². The average molecular weight is 397 g/mol. The van der Waals surface area contributed by atoms with Crippen LogP contribution in [0.2, 0.25) is 0 Å². The molecule has 0 aliphatic heterocycles. The van der Waals surface area contributed by atoms with Crippen molar-refractivity contribution in [2.45, 2.75) is 26.7 Å². The molecule has 0 fully saturated rings. The van der Waals surface area contributed by atoms with Crippen molar-refractivity contribution in [3.05, 3.63) is 57.4 Å². The average Bonchev–Trinajstić information content (AvgIpc) is 2.70. The van der Waals surface area contributed by atoms with E-state index in [-0.39, 0.29) is 24.5 Å². The molecule has 1 amide bonds. The SMILES string of the molecule is COc1ccc(OC)c(NC(=O)CCc2c(C)c3ccc(O)c(C)c3oc2=O)c1. The van der Waals surface area contributed by atoms with Gasteiger partial charge in [0.2, 0.25) is 5.91 Å². The normalized spacial score (nSPS) is 10.8. The third-order valence-corrected chi connectivity index (χ3v) is 4.96. The largest absolute Gasteiger partial charge is 0.508 e. The first kappa shape index (κ1) is 20.3. The van der Waals surface area contributed by atoms with Gasteiger partial charge in [-0.2, -0.15) is 0 Å². The first-order valence-electron chi connectivity index (χ1n) is 9.12. The lowest BCUT2D eigenvalue weighted by molar-refractivity contribution is -0.116. The molecule has 0 bridgehead atoms. The molecule has 29 heavy (non-hydrogen) atoms. The molecular formula is C22H23NO6. The van der Waals surface area contributed by atoms with Gasteiger partial charge in [0.05, 0.1) is 19.9 Å². The number of nitrogens with one attached hydrogen (secondary N) is 1. The molecule has 0 atom stereocenters. The monoisotopic (exact) mass is 397 g/mol. The molecule has 152 valence electrons. The molecule has 3 aromatic rings. The van der Waals surface area contributed by atoms with Crippen LogP contribution in [0.15, 0.2) is 39.5 Å². The summed E-state index contributed by atoms with van der Waals surface area (Å²) in [5, 5.41) is 13.4. The second kappa shape index (κ2) is 8.26. The number of carbonyl (C=O) groups is 1. The van der Waals surface area contributed by atoms with Crippen molar-refractivity contribution in [2.24, 2.45) is 0 Å². The van der Waals surface area contributed by atoms with Gasteiger partial charge in [-0.1, -0.05) is 0 Å². The number of hydrogen-bond donors (Lipinski definition) is 2. The van der Waals surface area contributed by atoms with Gasteiger partial charge in [0, 0.05) is 29.0 Å². The summed E-state index contributed by atoms with van der Waals surface area (Å²) in [5.74, 6) is 0.901. The molecule has 1 aromatic heterocycles. The number of amides is 1. The summed E-state index contributed by atoms with van der Waals surface area (Å²) in [6.07, 6.45) is 0.316. The number of anilines is 1. The maximum atomic E-state index is 12.5. The Morgan fingerprint density at radius 3 is 2.55 bits per heavy atom. The lowest BCUT2D eigenvalue weighted by atomic mass is 10.0. The van der Waals surface area contributed by atoms with Gasteiger partial charge in [-0.15, -0.1) is 0 Å². The zero-order valence-electron chi connectivity index (χ0n) is 16.8. The van der Waals surface area contributed by atoms with Crippen LogP contribution in [0.4, 0.5) is 5.69 Å². The van der Waals surface area contributed by atoms with E-state index in [0.717, 1.165) is 10.9 Å². The Balaban J connectivity index is 1.82. The van der Waals surface area contributed by atoms with Crippen molar-refractivity contribution in [3.8, 4) is 17.2 Å². The molecular weight excluding hydrogens is 374 g/mol. The van der Waals surface area contributed by atoms with E-state index >= 15 is 0 Å². The van der Waals surface area contributed by atoms with Crippen molar-refractivity contribution in [1.82, 2.24) is 0 Å². The summed E-state index contributed by atoms with van der Waals surface area (Å²) in [6, 6.07) is 8.38. The Bertz CT molecular complexity index is 1130. The molecule has 1 heterocycles. The van der Waals surface area contributed by atoms with Crippen LogP contribution in [0.3, 0.4) is 0 Å². The zero-order chi connectivity index (χ0) is 21.1. The Hall–Kier alpha value is -3.48. The highest BCUT2D eigenvalue weighted by atomic mass is 16.5. The lowest BCUT2D eigenvalue weighted by Gasteiger charge is -2.12. The van der Waals surface area contributed by atoms with E-state index in [0.29, 0.717) is 33.9 Å². The molecule has 0 saturated heterocycles. The van der Waals surface area contributed by atoms with Crippen LogP contribution in [0.1, 0.15) is 23.1 Å². The van der Waals surface area contributed by atoms with E-state index < -0.39 is 5.63 Å². The Kier molecular flexibility index (Phi) is 5.77. The maximum absolute atomic E-state index is 12.5. The third-order valence-electron chi connectivity index (χ3n) is 4.96. The zero-order valence-corrected chi connectivity index (χ0v) is 16.8. The van der Waals surface area contributed by atoms with Gasteiger partial charge in [-0.3, -0.25) is 4.79 Å². The molecule has 0 radical (unpaired) electrons. The minimum Gasteiger partial charge on any atom is -0.508 e. The summed E-state index contributed by atoms with van der Waals surface area (Å²) in [6.45, 7) is 3.50. The highest BCUT2D eigenvalue weighted by Gasteiger charge is 2.16. The number of fused-ring (bicyclic) bond motifs is 1. The van der Waals surface area contributed by atoms with E-state index in [1.165, 1.54) is 14.2 Å². The second-order valence-electron chi connectivity index (χ2n) is 6.69. The first-order valence-corrected chi connectivity index (χ1v) is 9.12. The molecule has 2 aromatic carbocycles. The molecule has 0 unspecified atom stereocenters. The van der Waals surface area contributed by atoms with Crippen LogP contribution in [0.25, 0.3) is 11.0 Å². The minimum atomic E-state index is -0.504. The number of carbonyl (C=O) groups excluding carboxylic acids is 1. The van der Waals surface area contributed by atoms with Crippen LogP contribution in [0, 0.1) is 13.8 Å². The fraction of sp³-hybridized carbons (Fsp3) is 0.273. The number of aryl methyl sites for hydroxylation is 2. The number of rotatable bonds is 6. The van der Waals surface area contributed by atoms with E-state index in [4.69, 9.17) is 13.9 Å². The summed E-state index contributed by atoms with van der Waals surface area (Å²) in [4.78, 5) is 24.9. The molecule has 0 saturated carbocycles. The molecule has 7 heteroatoms. The van der Waals surface area contributed by atoms with Gasteiger partial charge >= 0.3 is 5.63 Å². The lowest BCUT2D eigenvalue weighted by Crippen LogP contribution is -2.17. The summed E-state index contributed by atoms with van der Waals surface area (Å²) < 4.78 is 15.9. The number of benzene rings is 2. The number of aromatic hydroxyl groups is 1. The van der Waals surface area contributed by atoms with Crippen LogP contribution in [0.5, 0.6) is 17.2 Å². The summed E-state index contributed by atoms with van der Waals surface area (Å²) in [7, 11) is 3.05. The molecule has 0 aliphatic carbocycles. The topological polar surface area (TPSA) is 98.0 Å². The van der Waals surface area contributed by atoms with E-state index in [2.05, 4.69) is 5.32 Å². The smallest absolute Gasteiger partial charge is 0.339 e. The minimum absolute atomic E-state index is 0.0689. The molecule has 0 spiro atoms. The van der Waals surface area contributed by atoms with Gasteiger partial charge in [0.1, 0.15) is 22.8 Å². The second-order valence-corrected chi connectivity index (χ2v) is 6.69. The maximum Gasteiger partial charge on any atom is 0.339 e. The van der Waals surface area contributed by atoms with Crippen LogP contribution in [-0.2, 0) is 11.2 Å². The number of phenols is 1. The van der Waals surface area contributed by atoms with Crippen LogP contribution in [-0.4, -0.2) is 25.2 Å². The molecule has 3 rings (SSSR count). The van der Waals surface area contributed by atoms with Gasteiger partial charge < -0.3 is 24.3 Å². The predicted octanol–water partition coefficient (Wildman–Crippen LogP) is 3.70. The van der Waals surface area contributed by atoms with Gasteiger partial charge in [0.15, 0.2) is 0 Å². The number of ether oxygens (including phenoxy) is 2. The highest BCUT2D eigenvalue weighted by molar-refractivity contribution is 5.93. The molecule has 7 nitrogen and oxygen atoms in total. The molecule has 0 aliphatic rings. The van der Waals surface area contributed by atoms with E-state index in [9.17, 15) is 14.7 Å². The summed E-state index contributed by atoms with van der Waals surface area (Å²) in [5.41, 5.74) is 2.04.